The topological polar surface area (TPSA) is 56.1 Å². The fourth-order valence-corrected chi connectivity index (χ4v) is 4.09. The van der Waals surface area contributed by atoms with Crippen LogP contribution in [0.4, 0.5) is 0 Å². The van der Waals surface area contributed by atoms with Crippen LogP contribution in [0, 0.1) is 0 Å². The third kappa shape index (κ3) is 3.22. The van der Waals surface area contributed by atoms with Crippen molar-refractivity contribution >= 4 is 27.5 Å². The second-order valence-electron chi connectivity index (χ2n) is 6.00. The summed E-state index contributed by atoms with van der Waals surface area (Å²) < 4.78 is 11.8. The van der Waals surface area contributed by atoms with Gasteiger partial charge in [-0.2, -0.15) is 0 Å². The Morgan fingerprint density at radius 3 is 2.83 bits per heavy atom. The van der Waals surface area contributed by atoms with Gasteiger partial charge in [-0.15, -0.1) is 11.3 Å². The number of piperazine rings is 1. The number of carbonyl (C=O) groups is 1. The van der Waals surface area contributed by atoms with Crippen LogP contribution in [0.2, 0.25) is 0 Å². The van der Waals surface area contributed by atoms with Crippen LogP contribution in [-0.4, -0.2) is 55.2 Å². The molecule has 126 valence electrons. The molecule has 24 heavy (non-hydrogen) atoms. The highest BCUT2D eigenvalue weighted by Crippen LogP contribution is 2.20. The van der Waals surface area contributed by atoms with Gasteiger partial charge in [0.1, 0.15) is 31.0 Å². The van der Waals surface area contributed by atoms with Crippen LogP contribution in [0.25, 0.3) is 10.2 Å². The van der Waals surface area contributed by atoms with Gasteiger partial charge in [0.15, 0.2) is 0 Å². The standard InChI is InChI=1S/C17H19N3O3S/c21-17(14-12-22-9-10-23-14)20-7-5-19(6-8-20)11-16-18-13-3-1-2-4-15(13)24-16/h1-4,12H,5-11H2/p+1. The number of thiazole rings is 1. The molecule has 1 aromatic heterocycles. The van der Waals surface area contributed by atoms with Gasteiger partial charge in [0, 0.05) is 0 Å². The number of fused-ring (bicyclic) bond motifs is 1. The number of ether oxygens (including phenoxy) is 2. The van der Waals surface area contributed by atoms with E-state index >= 15 is 0 Å². The van der Waals surface area contributed by atoms with Crippen molar-refractivity contribution in [3.8, 4) is 0 Å². The van der Waals surface area contributed by atoms with Crippen molar-refractivity contribution in [2.24, 2.45) is 0 Å². The van der Waals surface area contributed by atoms with E-state index in [1.54, 1.807) is 11.3 Å². The molecule has 0 unspecified atom stereocenters. The van der Waals surface area contributed by atoms with Crippen molar-refractivity contribution in [1.82, 2.24) is 9.88 Å². The van der Waals surface area contributed by atoms with Crippen LogP contribution >= 0.6 is 11.3 Å². The number of nitrogens with one attached hydrogen (secondary N) is 1. The average Bonchev–Trinajstić information content (AvgIpc) is 3.05. The molecule has 1 saturated heterocycles. The number of rotatable bonds is 3. The summed E-state index contributed by atoms with van der Waals surface area (Å²) >= 11 is 1.76. The zero-order valence-corrected chi connectivity index (χ0v) is 14.2. The Morgan fingerprint density at radius 1 is 1.25 bits per heavy atom. The van der Waals surface area contributed by atoms with Crippen LogP contribution in [0.15, 0.2) is 36.3 Å². The zero-order chi connectivity index (χ0) is 16.4. The molecule has 4 rings (SSSR count). The lowest BCUT2D eigenvalue weighted by Crippen LogP contribution is -3.13. The maximum Gasteiger partial charge on any atom is 0.292 e. The predicted octanol–water partition coefficient (Wildman–Crippen LogP) is 0.412. The van der Waals surface area contributed by atoms with E-state index in [1.165, 1.54) is 15.9 Å². The SMILES string of the molecule is O=C(C1=COCCO1)N1CC[NH+](Cc2nc3ccccc3s2)CC1. The van der Waals surface area contributed by atoms with Gasteiger partial charge in [-0.05, 0) is 12.1 Å². The molecule has 2 aliphatic rings. The minimum atomic E-state index is -0.0614. The van der Waals surface area contributed by atoms with Gasteiger partial charge in [-0.1, -0.05) is 12.1 Å². The Labute approximate surface area is 144 Å². The number of para-hydroxylation sites is 1. The van der Waals surface area contributed by atoms with E-state index in [4.69, 9.17) is 14.5 Å². The summed E-state index contributed by atoms with van der Waals surface area (Å²) in [4.78, 5) is 20.4. The third-order valence-corrected chi connectivity index (χ3v) is 5.39. The van der Waals surface area contributed by atoms with Crippen molar-refractivity contribution < 1.29 is 19.2 Å². The van der Waals surface area contributed by atoms with Gasteiger partial charge in [0.2, 0.25) is 5.76 Å². The molecule has 1 aromatic carbocycles. The smallest absolute Gasteiger partial charge is 0.292 e. The summed E-state index contributed by atoms with van der Waals surface area (Å²) in [5, 5.41) is 1.16. The average molecular weight is 346 g/mol. The maximum atomic E-state index is 12.4. The molecule has 1 fully saturated rings. The van der Waals surface area contributed by atoms with Gasteiger partial charge in [0.25, 0.3) is 5.91 Å². The Kier molecular flexibility index (Phi) is 4.36. The molecule has 3 heterocycles. The highest BCUT2D eigenvalue weighted by Gasteiger charge is 2.28. The van der Waals surface area contributed by atoms with Gasteiger partial charge >= 0.3 is 0 Å². The van der Waals surface area contributed by atoms with Crippen molar-refractivity contribution in [1.29, 1.82) is 0 Å². The fourth-order valence-electron chi connectivity index (χ4n) is 3.05. The molecular formula is C17H20N3O3S+. The van der Waals surface area contributed by atoms with Crippen LogP contribution in [0.1, 0.15) is 5.01 Å². The molecule has 1 N–H and O–H groups in total. The van der Waals surface area contributed by atoms with Gasteiger partial charge in [0.05, 0.1) is 36.4 Å². The minimum Gasteiger partial charge on any atom is -0.494 e. The van der Waals surface area contributed by atoms with Crippen molar-refractivity contribution in [2.75, 3.05) is 39.4 Å². The van der Waals surface area contributed by atoms with E-state index < -0.39 is 0 Å². The molecule has 1 amide bonds. The summed E-state index contributed by atoms with van der Waals surface area (Å²) in [7, 11) is 0. The maximum absolute atomic E-state index is 12.4. The lowest BCUT2D eigenvalue weighted by Gasteiger charge is -2.32. The van der Waals surface area contributed by atoms with Gasteiger partial charge < -0.3 is 19.3 Å². The number of amides is 1. The largest absolute Gasteiger partial charge is 0.494 e. The van der Waals surface area contributed by atoms with E-state index in [0.29, 0.717) is 19.0 Å². The monoisotopic (exact) mass is 346 g/mol. The Balaban J connectivity index is 1.34. The summed E-state index contributed by atoms with van der Waals surface area (Å²) in [6.07, 6.45) is 1.44. The second kappa shape index (κ2) is 6.78. The fraction of sp³-hybridized carbons (Fsp3) is 0.412. The highest BCUT2D eigenvalue weighted by molar-refractivity contribution is 7.18. The Bertz CT molecular complexity index is 732. The van der Waals surface area contributed by atoms with Crippen LogP contribution in [0.3, 0.4) is 0 Å². The van der Waals surface area contributed by atoms with Gasteiger partial charge in [-0.3, -0.25) is 4.79 Å². The molecule has 0 bridgehead atoms. The summed E-state index contributed by atoms with van der Waals surface area (Å²) in [5.41, 5.74) is 1.08. The molecule has 7 heteroatoms. The first kappa shape index (κ1) is 15.4. The normalized spacial score (nSPS) is 18.8. The number of benzene rings is 1. The first-order valence-corrected chi connectivity index (χ1v) is 9.03. The summed E-state index contributed by atoms with van der Waals surface area (Å²) in [6, 6.07) is 8.24. The molecule has 0 saturated carbocycles. The molecule has 0 spiro atoms. The number of quaternary nitrogens is 1. The second-order valence-corrected chi connectivity index (χ2v) is 7.11. The number of nitrogens with zero attached hydrogens (tertiary/aromatic N) is 2. The van der Waals surface area contributed by atoms with Gasteiger partial charge in [-0.25, -0.2) is 4.98 Å². The van der Waals surface area contributed by atoms with E-state index in [-0.39, 0.29) is 5.91 Å². The molecule has 2 aliphatic heterocycles. The quantitative estimate of drug-likeness (QED) is 0.875. The molecular weight excluding hydrogens is 326 g/mol. The minimum absolute atomic E-state index is 0.0614. The van der Waals surface area contributed by atoms with Crippen molar-refractivity contribution in [3.63, 3.8) is 0 Å². The molecule has 6 nitrogen and oxygen atoms in total. The number of hydrogen-bond acceptors (Lipinski definition) is 5. The third-order valence-electron chi connectivity index (χ3n) is 4.36. The number of carbonyl (C=O) groups excluding carboxylic acids is 1. The Hall–Kier alpha value is -2.12. The van der Waals surface area contributed by atoms with E-state index in [0.717, 1.165) is 43.2 Å². The molecule has 0 radical (unpaired) electrons. The predicted molar refractivity (Wildman–Crippen MR) is 90.6 cm³/mol. The van der Waals surface area contributed by atoms with Crippen LogP contribution < -0.4 is 4.90 Å². The zero-order valence-electron chi connectivity index (χ0n) is 13.4. The van der Waals surface area contributed by atoms with Crippen LogP contribution in [0.5, 0.6) is 0 Å². The van der Waals surface area contributed by atoms with Crippen molar-refractivity contribution in [3.05, 3.63) is 41.3 Å². The highest BCUT2D eigenvalue weighted by atomic mass is 32.1. The van der Waals surface area contributed by atoms with E-state index in [9.17, 15) is 4.79 Å². The van der Waals surface area contributed by atoms with E-state index in [1.807, 2.05) is 17.0 Å². The lowest BCUT2D eigenvalue weighted by atomic mass is 10.3. The molecule has 0 aliphatic carbocycles. The Morgan fingerprint density at radius 2 is 2.08 bits per heavy atom. The molecule has 0 atom stereocenters. The number of hydrogen-bond donors (Lipinski definition) is 1. The first-order chi connectivity index (χ1) is 11.8. The molecule has 2 aromatic rings. The summed E-state index contributed by atoms with van der Waals surface area (Å²) in [6.45, 7) is 5.20. The van der Waals surface area contributed by atoms with Crippen molar-refractivity contribution in [2.45, 2.75) is 6.54 Å². The first-order valence-electron chi connectivity index (χ1n) is 8.21. The number of aromatic nitrogens is 1. The lowest BCUT2D eigenvalue weighted by molar-refractivity contribution is -0.917. The summed E-state index contributed by atoms with van der Waals surface area (Å²) in [5.74, 6) is 0.268. The van der Waals surface area contributed by atoms with E-state index in [2.05, 4.69) is 12.1 Å². The van der Waals surface area contributed by atoms with Crippen LogP contribution in [-0.2, 0) is 20.8 Å².